The summed E-state index contributed by atoms with van der Waals surface area (Å²) in [7, 11) is 0. The Hall–Kier alpha value is -3.43. The number of rotatable bonds is 7. The Labute approximate surface area is 170 Å². The average Bonchev–Trinajstić information content (AvgIpc) is 3.16. The van der Waals surface area contributed by atoms with Gasteiger partial charge in [-0.2, -0.15) is 18.0 Å². The molecule has 1 amide bonds. The summed E-state index contributed by atoms with van der Waals surface area (Å²) in [5.74, 6) is -0.212. The number of aromatic nitrogens is 4. The molecule has 1 heterocycles. The number of carbonyl (C=O) groups excluding carboxylic acids is 1. The van der Waals surface area contributed by atoms with Crippen molar-refractivity contribution in [1.82, 2.24) is 20.2 Å². The van der Waals surface area contributed by atoms with Gasteiger partial charge in [-0.05, 0) is 23.3 Å². The molecule has 10 heteroatoms. The SMILES string of the molecule is CC(C)[C@H](C(=O)Nc1cccc(OCC(F)(F)F)c1)n1nnc(-c2ccccc2)n1. The van der Waals surface area contributed by atoms with Gasteiger partial charge >= 0.3 is 6.18 Å². The molecule has 0 aliphatic heterocycles. The lowest BCUT2D eigenvalue weighted by atomic mass is 10.0. The molecular formula is C20H20F3N5O2. The van der Waals surface area contributed by atoms with E-state index in [-0.39, 0.29) is 11.7 Å². The van der Waals surface area contributed by atoms with Crippen LogP contribution in [0.25, 0.3) is 11.4 Å². The maximum Gasteiger partial charge on any atom is 0.422 e. The number of anilines is 1. The van der Waals surface area contributed by atoms with E-state index >= 15 is 0 Å². The molecule has 0 fully saturated rings. The first-order valence-corrected chi connectivity index (χ1v) is 9.18. The Morgan fingerprint density at radius 1 is 1.13 bits per heavy atom. The van der Waals surface area contributed by atoms with Crippen LogP contribution in [0.3, 0.4) is 0 Å². The van der Waals surface area contributed by atoms with Gasteiger partial charge in [0, 0.05) is 17.3 Å². The number of carbonyl (C=O) groups is 1. The van der Waals surface area contributed by atoms with Gasteiger partial charge in [-0.1, -0.05) is 50.2 Å². The van der Waals surface area contributed by atoms with Crippen LogP contribution >= 0.6 is 0 Å². The predicted octanol–water partition coefficient (Wildman–Crippen LogP) is 4.12. The van der Waals surface area contributed by atoms with Gasteiger partial charge in [0.1, 0.15) is 5.75 Å². The van der Waals surface area contributed by atoms with E-state index < -0.39 is 24.7 Å². The number of hydrogen-bond acceptors (Lipinski definition) is 5. The first kappa shape index (κ1) is 21.3. The van der Waals surface area contributed by atoms with Gasteiger partial charge < -0.3 is 10.1 Å². The van der Waals surface area contributed by atoms with Gasteiger partial charge in [-0.3, -0.25) is 4.79 Å². The second-order valence-electron chi connectivity index (χ2n) is 6.91. The highest BCUT2D eigenvalue weighted by atomic mass is 19.4. The van der Waals surface area contributed by atoms with Crippen molar-refractivity contribution in [2.45, 2.75) is 26.1 Å². The van der Waals surface area contributed by atoms with E-state index in [2.05, 4.69) is 20.7 Å². The maximum atomic E-state index is 12.9. The van der Waals surface area contributed by atoms with Gasteiger partial charge in [-0.15, -0.1) is 10.2 Å². The second-order valence-corrected chi connectivity index (χ2v) is 6.91. The number of nitrogens with zero attached hydrogens (tertiary/aromatic N) is 4. The Morgan fingerprint density at radius 3 is 2.53 bits per heavy atom. The fraction of sp³-hybridized carbons (Fsp3) is 0.300. The third-order valence-electron chi connectivity index (χ3n) is 4.11. The third kappa shape index (κ3) is 5.56. The molecule has 1 atom stereocenters. The molecule has 7 nitrogen and oxygen atoms in total. The molecule has 1 aromatic heterocycles. The number of hydrogen-bond donors (Lipinski definition) is 1. The van der Waals surface area contributed by atoms with Crippen LogP contribution in [-0.4, -0.2) is 38.9 Å². The molecule has 158 valence electrons. The summed E-state index contributed by atoms with van der Waals surface area (Å²) in [5.41, 5.74) is 1.06. The van der Waals surface area contributed by atoms with Crippen LogP contribution in [0.4, 0.5) is 18.9 Å². The Bertz CT molecular complexity index is 989. The minimum Gasteiger partial charge on any atom is -0.484 e. The van der Waals surface area contributed by atoms with Gasteiger partial charge in [0.05, 0.1) is 0 Å². The van der Waals surface area contributed by atoms with Crippen LogP contribution in [0.2, 0.25) is 0 Å². The van der Waals surface area contributed by atoms with Crippen LogP contribution in [0.15, 0.2) is 54.6 Å². The van der Waals surface area contributed by atoms with Crippen molar-refractivity contribution in [3.8, 4) is 17.1 Å². The van der Waals surface area contributed by atoms with Crippen molar-refractivity contribution in [2.75, 3.05) is 11.9 Å². The second kappa shape index (κ2) is 8.93. The topological polar surface area (TPSA) is 81.9 Å². The van der Waals surface area contributed by atoms with Crippen LogP contribution in [0, 0.1) is 5.92 Å². The molecule has 1 N–H and O–H groups in total. The lowest BCUT2D eigenvalue weighted by Crippen LogP contribution is -2.31. The van der Waals surface area contributed by atoms with Crippen molar-refractivity contribution in [1.29, 1.82) is 0 Å². The molecule has 3 aromatic rings. The highest BCUT2D eigenvalue weighted by molar-refractivity contribution is 5.93. The van der Waals surface area contributed by atoms with Crippen molar-refractivity contribution < 1.29 is 22.7 Å². The summed E-state index contributed by atoms with van der Waals surface area (Å²) in [4.78, 5) is 14.1. The summed E-state index contributed by atoms with van der Waals surface area (Å²) >= 11 is 0. The molecular weight excluding hydrogens is 399 g/mol. The van der Waals surface area contributed by atoms with Crippen molar-refractivity contribution in [3.63, 3.8) is 0 Å². The van der Waals surface area contributed by atoms with Crippen molar-refractivity contribution in [2.24, 2.45) is 5.92 Å². The first-order chi connectivity index (χ1) is 14.2. The van der Waals surface area contributed by atoms with Crippen molar-refractivity contribution in [3.05, 3.63) is 54.6 Å². The molecule has 0 aliphatic carbocycles. The van der Waals surface area contributed by atoms with Crippen LogP contribution < -0.4 is 10.1 Å². The number of alkyl halides is 3. The van der Waals surface area contributed by atoms with Gasteiger partial charge in [-0.25, -0.2) is 0 Å². The Balaban J connectivity index is 1.75. The number of benzene rings is 2. The zero-order valence-electron chi connectivity index (χ0n) is 16.3. The van der Waals surface area contributed by atoms with Gasteiger partial charge in [0.2, 0.25) is 5.82 Å². The summed E-state index contributed by atoms with van der Waals surface area (Å²) < 4.78 is 41.7. The number of nitrogens with one attached hydrogen (secondary N) is 1. The first-order valence-electron chi connectivity index (χ1n) is 9.18. The van der Waals surface area contributed by atoms with E-state index in [1.165, 1.54) is 23.0 Å². The standard InChI is InChI=1S/C20H20F3N5O2/c1-13(2)17(28-26-18(25-27-28)14-7-4-3-5-8-14)19(29)24-15-9-6-10-16(11-15)30-12-20(21,22)23/h3-11,13,17H,12H2,1-2H3,(H,24,29)/t17-/m1/s1. The molecule has 0 saturated heterocycles. The van der Waals surface area contributed by atoms with Crippen LogP contribution in [0.5, 0.6) is 5.75 Å². The third-order valence-corrected chi connectivity index (χ3v) is 4.11. The molecule has 0 radical (unpaired) electrons. The number of amides is 1. The largest absolute Gasteiger partial charge is 0.484 e. The number of tetrazole rings is 1. The molecule has 3 rings (SSSR count). The average molecular weight is 419 g/mol. The lowest BCUT2D eigenvalue weighted by molar-refractivity contribution is -0.153. The van der Waals surface area contributed by atoms with E-state index in [1.54, 1.807) is 6.07 Å². The maximum absolute atomic E-state index is 12.9. The summed E-state index contributed by atoms with van der Waals surface area (Å²) in [6.07, 6.45) is -4.45. The molecule has 0 saturated carbocycles. The highest BCUT2D eigenvalue weighted by Gasteiger charge is 2.29. The van der Waals surface area contributed by atoms with Crippen LogP contribution in [0.1, 0.15) is 19.9 Å². The Kier molecular flexibility index (Phi) is 6.34. The molecule has 0 aliphatic rings. The van der Waals surface area contributed by atoms with Gasteiger partial charge in [0.15, 0.2) is 12.6 Å². The fourth-order valence-electron chi connectivity index (χ4n) is 2.77. The lowest BCUT2D eigenvalue weighted by Gasteiger charge is -2.19. The molecule has 0 bridgehead atoms. The van der Waals surface area contributed by atoms with Crippen LogP contribution in [-0.2, 0) is 4.79 Å². The number of ether oxygens (including phenoxy) is 1. The summed E-state index contributed by atoms with van der Waals surface area (Å²) in [6.45, 7) is 2.25. The quantitative estimate of drug-likeness (QED) is 0.623. The van der Waals surface area contributed by atoms with E-state index in [0.29, 0.717) is 11.5 Å². The van der Waals surface area contributed by atoms with E-state index in [9.17, 15) is 18.0 Å². The zero-order valence-corrected chi connectivity index (χ0v) is 16.3. The van der Waals surface area contributed by atoms with Crippen molar-refractivity contribution >= 4 is 11.6 Å². The Morgan fingerprint density at radius 2 is 1.87 bits per heavy atom. The minimum absolute atomic E-state index is 0.00327. The van der Waals surface area contributed by atoms with Gasteiger partial charge in [0.25, 0.3) is 5.91 Å². The van der Waals surface area contributed by atoms with E-state index in [1.807, 2.05) is 44.2 Å². The highest BCUT2D eigenvalue weighted by Crippen LogP contribution is 2.24. The predicted molar refractivity (Wildman–Crippen MR) is 104 cm³/mol. The number of halogens is 3. The smallest absolute Gasteiger partial charge is 0.422 e. The minimum atomic E-state index is -4.45. The fourth-order valence-corrected chi connectivity index (χ4v) is 2.77. The molecule has 2 aromatic carbocycles. The summed E-state index contributed by atoms with van der Waals surface area (Å²) in [5, 5.41) is 15.0. The molecule has 0 spiro atoms. The van der Waals surface area contributed by atoms with E-state index in [0.717, 1.165) is 5.56 Å². The normalized spacial score (nSPS) is 12.6. The zero-order chi connectivity index (χ0) is 21.7. The van der Waals surface area contributed by atoms with E-state index in [4.69, 9.17) is 4.74 Å². The monoisotopic (exact) mass is 419 g/mol. The molecule has 30 heavy (non-hydrogen) atoms. The summed E-state index contributed by atoms with van der Waals surface area (Å²) in [6, 6.07) is 14.2. The molecule has 0 unspecified atom stereocenters.